The van der Waals surface area contributed by atoms with Crippen molar-refractivity contribution in [3.8, 4) is 11.3 Å². The second-order valence-electron chi connectivity index (χ2n) is 10.1. The third kappa shape index (κ3) is 4.47. The minimum Gasteiger partial charge on any atom is -0.364 e. The van der Waals surface area contributed by atoms with E-state index in [0.717, 1.165) is 16.8 Å². The van der Waals surface area contributed by atoms with Gasteiger partial charge in [0.1, 0.15) is 6.73 Å². The Hall–Kier alpha value is -4.41. The van der Waals surface area contributed by atoms with E-state index in [4.69, 9.17) is 4.74 Å². The number of aromatic nitrogens is 1. The van der Waals surface area contributed by atoms with Crippen molar-refractivity contribution in [1.82, 2.24) is 9.47 Å². The lowest BCUT2D eigenvalue weighted by atomic mass is 9.78. The quantitative estimate of drug-likeness (QED) is 0.212. The van der Waals surface area contributed by atoms with Crippen LogP contribution in [0.1, 0.15) is 38.9 Å². The van der Waals surface area contributed by atoms with Gasteiger partial charge in [0.15, 0.2) is 0 Å². The highest BCUT2D eigenvalue weighted by Crippen LogP contribution is 2.47. The van der Waals surface area contributed by atoms with Crippen LogP contribution in [-0.2, 0) is 11.3 Å². The maximum Gasteiger partial charge on any atom is 0.256 e. The van der Waals surface area contributed by atoms with E-state index < -0.39 is 0 Å². The fourth-order valence-electron chi connectivity index (χ4n) is 6.15. The molecule has 0 saturated heterocycles. The predicted molar refractivity (Wildman–Crippen MR) is 158 cm³/mol. The summed E-state index contributed by atoms with van der Waals surface area (Å²) in [6.07, 6.45) is 2.04. The Morgan fingerprint density at radius 2 is 1.51 bits per heavy atom. The largest absolute Gasteiger partial charge is 0.364 e. The maximum absolute atomic E-state index is 14.1. The zero-order chi connectivity index (χ0) is 26.8. The summed E-state index contributed by atoms with van der Waals surface area (Å²) in [7, 11) is 1.65. The number of nitrogens with zero attached hydrogens (tertiary/aromatic N) is 2. The van der Waals surface area contributed by atoms with E-state index in [0.29, 0.717) is 18.7 Å². The van der Waals surface area contributed by atoms with Crippen LogP contribution >= 0.6 is 0 Å². The third-order valence-corrected chi connectivity index (χ3v) is 7.84. The van der Waals surface area contributed by atoms with Gasteiger partial charge in [0.2, 0.25) is 0 Å². The predicted octanol–water partition coefficient (Wildman–Crippen LogP) is 7.47. The number of hydrogen-bond acceptors (Lipinski definition) is 2. The maximum atomic E-state index is 14.1. The number of methoxy groups -OCH3 is 1. The summed E-state index contributed by atoms with van der Waals surface area (Å²) in [5.41, 5.74) is 7.56. The molecule has 4 heteroatoms. The Balaban J connectivity index is 1.70. The summed E-state index contributed by atoms with van der Waals surface area (Å²) in [6, 6.07) is 37.7. The molecule has 0 spiro atoms. The Labute approximate surface area is 229 Å². The summed E-state index contributed by atoms with van der Waals surface area (Å²) >= 11 is 0. The summed E-state index contributed by atoms with van der Waals surface area (Å²) in [5.74, 6) is -0.0527. The third-order valence-electron chi connectivity index (χ3n) is 7.84. The molecule has 4 aromatic carbocycles. The van der Waals surface area contributed by atoms with E-state index in [2.05, 4.69) is 90.0 Å². The zero-order valence-corrected chi connectivity index (χ0v) is 22.2. The second-order valence-corrected chi connectivity index (χ2v) is 10.1. The average molecular weight is 513 g/mol. The van der Waals surface area contributed by atoms with Crippen molar-refractivity contribution in [3.63, 3.8) is 0 Å². The van der Waals surface area contributed by atoms with Crippen molar-refractivity contribution < 1.29 is 9.53 Å². The molecule has 39 heavy (non-hydrogen) atoms. The first-order chi connectivity index (χ1) is 19.2. The van der Waals surface area contributed by atoms with Crippen molar-refractivity contribution in [2.24, 2.45) is 0 Å². The van der Waals surface area contributed by atoms with Gasteiger partial charge in [0, 0.05) is 54.1 Å². The highest BCUT2D eigenvalue weighted by atomic mass is 16.5. The van der Waals surface area contributed by atoms with Gasteiger partial charge in [-0.25, -0.2) is 0 Å². The van der Waals surface area contributed by atoms with E-state index in [-0.39, 0.29) is 24.5 Å². The number of ether oxygens (including phenoxy) is 1. The van der Waals surface area contributed by atoms with Gasteiger partial charge < -0.3 is 14.2 Å². The van der Waals surface area contributed by atoms with Crippen molar-refractivity contribution in [1.29, 1.82) is 0 Å². The normalized spacial score (nSPS) is 15.8. The van der Waals surface area contributed by atoms with E-state index in [1.807, 2.05) is 41.3 Å². The monoisotopic (exact) mass is 512 g/mol. The van der Waals surface area contributed by atoms with E-state index >= 15 is 0 Å². The minimum atomic E-state index is -0.0331. The fraction of sp³-hybridized carbons (Fsp3) is 0.171. The lowest BCUT2D eigenvalue weighted by Gasteiger charge is -2.35. The molecule has 0 saturated carbocycles. The molecule has 0 N–H and O–H groups in total. The summed E-state index contributed by atoms with van der Waals surface area (Å²) in [4.78, 5) is 15.9. The molecule has 1 amide bonds. The van der Waals surface area contributed by atoms with Gasteiger partial charge in [-0.3, -0.25) is 4.79 Å². The number of para-hydroxylation sites is 1. The Bertz CT molecular complexity index is 1620. The summed E-state index contributed by atoms with van der Waals surface area (Å²) in [5, 5.41) is 1.21. The first-order valence-electron chi connectivity index (χ1n) is 13.4. The van der Waals surface area contributed by atoms with Crippen LogP contribution in [0.2, 0.25) is 0 Å². The van der Waals surface area contributed by atoms with Crippen LogP contribution in [-0.4, -0.2) is 35.8 Å². The van der Waals surface area contributed by atoms with Gasteiger partial charge in [-0.15, -0.1) is 6.58 Å². The molecule has 1 aliphatic heterocycles. The molecule has 0 unspecified atom stereocenters. The average Bonchev–Trinajstić information content (AvgIpc) is 3.30. The Morgan fingerprint density at radius 3 is 2.23 bits per heavy atom. The molecule has 2 atom stereocenters. The highest BCUT2D eigenvalue weighted by molar-refractivity contribution is 6.04. The highest BCUT2D eigenvalue weighted by Gasteiger charge is 2.36. The number of carbonyl (C=O) groups excluding carboxylic acids is 1. The van der Waals surface area contributed by atoms with Crippen LogP contribution in [0.3, 0.4) is 0 Å². The molecule has 0 aliphatic carbocycles. The van der Waals surface area contributed by atoms with Crippen molar-refractivity contribution >= 4 is 16.8 Å². The molecule has 4 nitrogen and oxygen atoms in total. The lowest BCUT2D eigenvalue weighted by Crippen LogP contribution is -2.39. The number of allylic oxidation sites excluding steroid dienone is 1. The number of hydrogen-bond donors (Lipinski definition) is 0. The van der Waals surface area contributed by atoms with Gasteiger partial charge in [-0.05, 0) is 28.8 Å². The smallest absolute Gasteiger partial charge is 0.256 e. The summed E-state index contributed by atoms with van der Waals surface area (Å²) in [6.45, 7) is 5.73. The van der Waals surface area contributed by atoms with Crippen LogP contribution < -0.4 is 0 Å². The van der Waals surface area contributed by atoms with Crippen LogP contribution in [0.4, 0.5) is 0 Å². The number of rotatable bonds is 7. The SMILES string of the molecule is C=C[C@@H](c1ccccc1)[C@@H]1CN(COC)C(=O)c2ccccc2-c2c1c1ccccc1n2Cc1ccccc1. The Morgan fingerprint density at radius 1 is 0.872 bits per heavy atom. The molecular weight excluding hydrogens is 480 g/mol. The van der Waals surface area contributed by atoms with Crippen molar-refractivity contribution in [2.75, 3.05) is 20.4 Å². The van der Waals surface area contributed by atoms with Crippen LogP contribution in [0.15, 0.2) is 122 Å². The second kappa shape index (κ2) is 10.8. The molecule has 2 heterocycles. The molecule has 5 aromatic rings. The number of fused-ring (bicyclic) bond motifs is 5. The molecule has 0 fully saturated rings. The zero-order valence-electron chi connectivity index (χ0n) is 22.2. The van der Waals surface area contributed by atoms with E-state index in [1.54, 1.807) is 7.11 Å². The Kier molecular flexibility index (Phi) is 6.87. The fourth-order valence-corrected chi connectivity index (χ4v) is 6.15. The van der Waals surface area contributed by atoms with E-state index in [9.17, 15) is 4.79 Å². The number of carbonyl (C=O) groups is 1. The molecule has 0 bridgehead atoms. The van der Waals surface area contributed by atoms with Crippen LogP contribution in [0.5, 0.6) is 0 Å². The number of amides is 1. The van der Waals surface area contributed by atoms with Crippen molar-refractivity contribution in [2.45, 2.75) is 18.4 Å². The standard InChI is InChI=1S/C35H32N2O2/c1-3-27(26-16-8-5-9-17-26)31-23-36(24-39-2)35(38)29-19-11-10-18-28(29)34-33(31)30-20-12-13-21-32(30)37(34)22-25-14-6-4-7-15-25/h3-21,27,31H,1,22-24H2,2H3/t27-,31-/m0/s1. The topological polar surface area (TPSA) is 34.5 Å². The molecule has 6 rings (SSSR count). The first-order valence-corrected chi connectivity index (χ1v) is 13.4. The van der Waals surface area contributed by atoms with Gasteiger partial charge in [-0.2, -0.15) is 0 Å². The van der Waals surface area contributed by atoms with Crippen LogP contribution in [0.25, 0.3) is 22.2 Å². The van der Waals surface area contributed by atoms with Crippen molar-refractivity contribution in [3.05, 3.63) is 144 Å². The molecule has 1 aromatic heterocycles. The minimum absolute atomic E-state index is 0.00153. The molecule has 194 valence electrons. The van der Waals surface area contributed by atoms with Crippen LogP contribution in [0, 0.1) is 0 Å². The van der Waals surface area contributed by atoms with Gasteiger partial charge >= 0.3 is 0 Å². The molecule has 1 aliphatic rings. The van der Waals surface area contributed by atoms with Gasteiger partial charge in [0.05, 0.1) is 5.69 Å². The van der Waals surface area contributed by atoms with Gasteiger partial charge in [0.25, 0.3) is 5.91 Å². The van der Waals surface area contributed by atoms with E-state index in [1.165, 1.54) is 22.1 Å². The summed E-state index contributed by atoms with van der Waals surface area (Å²) < 4.78 is 7.96. The molecular formula is C35H32N2O2. The molecule has 0 radical (unpaired) electrons. The lowest BCUT2D eigenvalue weighted by molar-refractivity contribution is 0.0390. The number of benzene rings is 4. The van der Waals surface area contributed by atoms with Gasteiger partial charge in [-0.1, -0.05) is 103 Å². The first kappa shape index (κ1) is 24.9.